The molecule has 2 rings (SSSR count). The fourth-order valence-electron chi connectivity index (χ4n) is 1.75. The molecule has 2 aromatic rings. The van der Waals surface area contributed by atoms with Gasteiger partial charge in [0, 0.05) is 18.1 Å². The molecule has 1 amide bonds. The average Bonchev–Trinajstić information content (AvgIpc) is 2.63. The van der Waals surface area contributed by atoms with Crippen LogP contribution in [0.4, 0.5) is 0 Å². The number of para-hydroxylation sites is 1. The second-order valence-electron chi connectivity index (χ2n) is 3.57. The maximum atomic E-state index is 11.5. The lowest BCUT2D eigenvalue weighted by molar-refractivity contribution is -0.121. The highest BCUT2D eigenvalue weighted by Gasteiger charge is 2.07. The van der Waals surface area contributed by atoms with Gasteiger partial charge in [-0.15, -0.1) is 0 Å². The summed E-state index contributed by atoms with van der Waals surface area (Å²) >= 11 is 6.11. The molecule has 1 heterocycles. The lowest BCUT2D eigenvalue weighted by Crippen LogP contribution is -2.26. The molecule has 0 aliphatic rings. The van der Waals surface area contributed by atoms with Gasteiger partial charge in [0.15, 0.2) is 0 Å². The third kappa shape index (κ3) is 2.04. The molecule has 16 heavy (non-hydrogen) atoms. The van der Waals surface area contributed by atoms with Gasteiger partial charge >= 0.3 is 0 Å². The molecule has 0 bridgehead atoms. The van der Waals surface area contributed by atoms with Crippen molar-refractivity contribution in [3.8, 4) is 0 Å². The Morgan fingerprint density at radius 1 is 1.44 bits per heavy atom. The lowest BCUT2D eigenvalue weighted by Gasteiger charge is -2.06. The number of rotatable bonds is 3. The number of hydrogen-bond donors (Lipinski definition) is 1. The molecule has 1 N–H and O–H groups in total. The van der Waals surface area contributed by atoms with E-state index in [1.165, 1.54) is 0 Å². The number of halogens is 1. The van der Waals surface area contributed by atoms with Crippen LogP contribution in [-0.2, 0) is 11.3 Å². The molecule has 0 unspecified atom stereocenters. The first-order valence-corrected chi connectivity index (χ1v) is 5.60. The number of fused-ring (bicyclic) bond motifs is 1. The predicted molar refractivity (Wildman–Crippen MR) is 65.6 cm³/mol. The molecule has 4 heteroatoms. The summed E-state index contributed by atoms with van der Waals surface area (Å²) in [6, 6.07) is 7.68. The standard InChI is InChI=1S/C12H13ClN2O/c1-2-14-11(16)8-15-7-6-9-4-3-5-10(13)12(9)15/h3-7H,2,8H2,1H3,(H,14,16). The third-order valence-corrected chi connectivity index (χ3v) is 2.73. The zero-order chi connectivity index (χ0) is 11.5. The highest BCUT2D eigenvalue weighted by Crippen LogP contribution is 2.24. The van der Waals surface area contributed by atoms with Gasteiger partial charge < -0.3 is 9.88 Å². The normalized spacial score (nSPS) is 10.6. The van der Waals surface area contributed by atoms with Crippen LogP contribution in [0.25, 0.3) is 10.9 Å². The number of hydrogen-bond acceptors (Lipinski definition) is 1. The molecule has 0 saturated carbocycles. The first-order valence-electron chi connectivity index (χ1n) is 5.22. The molecular weight excluding hydrogens is 224 g/mol. The van der Waals surface area contributed by atoms with Crippen LogP contribution in [0.5, 0.6) is 0 Å². The summed E-state index contributed by atoms with van der Waals surface area (Å²) in [5.74, 6) is -0.0000743. The van der Waals surface area contributed by atoms with E-state index in [1.807, 2.05) is 42.0 Å². The van der Waals surface area contributed by atoms with E-state index in [-0.39, 0.29) is 5.91 Å². The third-order valence-electron chi connectivity index (χ3n) is 2.43. The molecule has 1 aromatic heterocycles. The van der Waals surface area contributed by atoms with Gasteiger partial charge in [-0.05, 0) is 19.1 Å². The Morgan fingerprint density at radius 3 is 3.00 bits per heavy atom. The number of likely N-dealkylation sites (N-methyl/N-ethyl adjacent to an activating group) is 1. The number of carbonyl (C=O) groups excluding carboxylic acids is 1. The minimum Gasteiger partial charge on any atom is -0.355 e. The summed E-state index contributed by atoms with van der Waals surface area (Å²) < 4.78 is 1.86. The smallest absolute Gasteiger partial charge is 0.239 e. The van der Waals surface area contributed by atoms with Crippen LogP contribution in [0.3, 0.4) is 0 Å². The van der Waals surface area contributed by atoms with Gasteiger partial charge in [-0.3, -0.25) is 4.79 Å². The second-order valence-corrected chi connectivity index (χ2v) is 3.98. The first kappa shape index (κ1) is 11.0. The van der Waals surface area contributed by atoms with Crippen molar-refractivity contribution in [2.24, 2.45) is 0 Å². The fraction of sp³-hybridized carbons (Fsp3) is 0.250. The van der Waals surface area contributed by atoms with Crippen molar-refractivity contribution in [3.05, 3.63) is 35.5 Å². The van der Waals surface area contributed by atoms with Crippen molar-refractivity contribution in [1.82, 2.24) is 9.88 Å². The van der Waals surface area contributed by atoms with Crippen LogP contribution in [-0.4, -0.2) is 17.0 Å². The Hall–Kier alpha value is -1.48. The highest BCUT2D eigenvalue weighted by atomic mass is 35.5. The van der Waals surface area contributed by atoms with Crippen molar-refractivity contribution >= 4 is 28.4 Å². The maximum absolute atomic E-state index is 11.5. The van der Waals surface area contributed by atoms with Crippen LogP contribution < -0.4 is 5.32 Å². The van der Waals surface area contributed by atoms with Crippen molar-refractivity contribution < 1.29 is 4.79 Å². The maximum Gasteiger partial charge on any atom is 0.239 e. The molecule has 84 valence electrons. The Labute approximate surface area is 99.0 Å². The van der Waals surface area contributed by atoms with Gasteiger partial charge in [-0.2, -0.15) is 0 Å². The second kappa shape index (κ2) is 4.58. The SMILES string of the molecule is CCNC(=O)Cn1ccc2cccc(Cl)c21. The van der Waals surface area contributed by atoms with Crippen molar-refractivity contribution in [2.75, 3.05) is 6.54 Å². The lowest BCUT2D eigenvalue weighted by atomic mass is 10.2. The summed E-state index contributed by atoms with van der Waals surface area (Å²) in [6.07, 6.45) is 1.88. The van der Waals surface area contributed by atoms with E-state index in [1.54, 1.807) is 0 Å². The number of amides is 1. The number of nitrogens with zero attached hydrogens (tertiary/aromatic N) is 1. The van der Waals surface area contributed by atoms with E-state index in [0.717, 1.165) is 10.9 Å². The monoisotopic (exact) mass is 236 g/mol. The summed E-state index contributed by atoms with van der Waals surface area (Å²) in [6.45, 7) is 2.85. The van der Waals surface area contributed by atoms with Crippen molar-refractivity contribution in [1.29, 1.82) is 0 Å². The first-order chi connectivity index (χ1) is 7.72. The summed E-state index contributed by atoms with van der Waals surface area (Å²) in [7, 11) is 0. The largest absolute Gasteiger partial charge is 0.355 e. The molecular formula is C12H13ClN2O. The Morgan fingerprint density at radius 2 is 2.25 bits per heavy atom. The summed E-state index contributed by atoms with van der Waals surface area (Å²) in [5, 5.41) is 4.49. The zero-order valence-corrected chi connectivity index (χ0v) is 9.79. The minimum absolute atomic E-state index is 0.0000743. The van der Waals surface area contributed by atoms with Gasteiger partial charge in [-0.1, -0.05) is 23.7 Å². The van der Waals surface area contributed by atoms with E-state index in [4.69, 9.17) is 11.6 Å². The van der Waals surface area contributed by atoms with Crippen LogP contribution >= 0.6 is 11.6 Å². The van der Waals surface area contributed by atoms with Gasteiger partial charge in [-0.25, -0.2) is 0 Å². The minimum atomic E-state index is -0.0000743. The summed E-state index contributed by atoms with van der Waals surface area (Å²) in [4.78, 5) is 11.5. The molecule has 0 atom stereocenters. The number of nitrogens with one attached hydrogen (secondary N) is 1. The van der Waals surface area contributed by atoms with Crippen LogP contribution in [0, 0.1) is 0 Å². The molecule has 1 aromatic carbocycles. The van der Waals surface area contributed by atoms with Gasteiger partial charge in [0.2, 0.25) is 5.91 Å². The molecule has 0 spiro atoms. The average molecular weight is 237 g/mol. The van der Waals surface area contributed by atoms with E-state index < -0.39 is 0 Å². The van der Waals surface area contributed by atoms with Gasteiger partial charge in [0.1, 0.15) is 6.54 Å². The van der Waals surface area contributed by atoms with Crippen molar-refractivity contribution in [3.63, 3.8) is 0 Å². The van der Waals surface area contributed by atoms with Crippen LogP contribution in [0.1, 0.15) is 6.92 Å². The Kier molecular flexibility index (Phi) is 3.15. The molecule has 0 aliphatic carbocycles. The predicted octanol–water partition coefficient (Wildman–Crippen LogP) is 2.43. The highest BCUT2D eigenvalue weighted by molar-refractivity contribution is 6.35. The molecule has 0 saturated heterocycles. The zero-order valence-electron chi connectivity index (χ0n) is 9.03. The van der Waals surface area contributed by atoms with Crippen LogP contribution in [0.15, 0.2) is 30.5 Å². The molecule has 0 radical (unpaired) electrons. The van der Waals surface area contributed by atoms with Crippen molar-refractivity contribution in [2.45, 2.75) is 13.5 Å². The topological polar surface area (TPSA) is 34.0 Å². The number of benzene rings is 1. The van der Waals surface area contributed by atoms with Gasteiger partial charge in [0.05, 0.1) is 10.5 Å². The Bertz CT molecular complexity index is 519. The quantitative estimate of drug-likeness (QED) is 0.873. The fourth-order valence-corrected chi connectivity index (χ4v) is 2.04. The van der Waals surface area contributed by atoms with E-state index in [2.05, 4.69) is 5.32 Å². The molecule has 3 nitrogen and oxygen atoms in total. The van der Waals surface area contributed by atoms with E-state index in [0.29, 0.717) is 18.1 Å². The van der Waals surface area contributed by atoms with E-state index in [9.17, 15) is 4.79 Å². The number of aromatic nitrogens is 1. The Balaban J connectivity index is 2.34. The van der Waals surface area contributed by atoms with Crippen LogP contribution in [0.2, 0.25) is 5.02 Å². The molecule has 0 aliphatic heterocycles. The van der Waals surface area contributed by atoms with E-state index >= 15 is 0 Å². The number of carbonyl (C=O) groups is 1. The summed E-state index contributed by atoms with van der Waals surface area (Å²) in [5.41, 5.74) is 0.912. The van der Waals surface area contributed by atoms with Gasteiger partial charge in [0.25, 0.3) is 0 Å². The molecule has 0 fully saturated rings.